The number of aryl methyl sites for hydroxylation is 2. The van der Waals surface area contributed by atoms with Crippen LogP contribution in [0.4, 0.5) is 13.2 Å². The Morgan fingerprint density at radius 2 is 0.906 bits per heavy atom. The van der Waals surface area contributed by atoms with Crippen LogP contribution in [0.25, 0.3) is 33.4 Å². The van der Waals surface area contributed by atoms with Crippen molar-refractivity contribution in [1.29, 1.82) is 0 Å². The monoisotopic (exact) mass is 854 g/mol. The third kappa shape index (κ3) is 7.68. The minimum absolute atomic E-state index is 0. The first-order chi connectivity index (χ1) is 23.5. The molecule has 7 heteroatoms. The minimum atomic E-state index is -4.89. The van der Waals surface area contributed by atoms with Crippen LogP contribution in [-0.4, -0.2) is 13.1 Å². The minimum Gasteiger partial charge on any atom is -0.147 e. The maximum atomic E-state index is 14.8. The van der Waals surface area contributed by atoms with Gasteiger partial charge >= 0.3 is 309 Å². The zero-order valence-corrected chi connectivity index (χ0v) is 38.8. The number of benzene rings is 4. The summed E-state index contributed by atoms with van der Waals surface area (Å²) in [5.74, 6) is 0. The summed E-state index contributed by atoms with van der Waals surface area (Å²) in [6, 6.07) is 30.7. The average Bonchev–Trinajstić information content (AvgIpc) is 3.54. The van der Waals surface area contributed by atoms with Gasteiger partial charge in [-0.05, 0) is 0 Å². The summed E-state index contributed by atoms with van der Waals surface area (Å²) in [7, 11) is 0. The van der Waals surface area contributed by atoms with E-state index in [9.17, 15) is 13.2 Å². The Bertz CT molecular complexity index is 2020. The van der Waals surface area contributed by atoms with Gasteiger partial charge in [0.05, 0.1) is 0 Å². The topological polar surface area (TPSA) is 0 Å². The number of hydrogen-bond donors (Lipinski definition) is 0. The molecule has 0 aliphatic heterocycles. The second kappa shape index (κ2) is 14.7. The first kappa shape index (κ1) is 43.6. The van der Waals surface area contributed by atoms with Crippen molar-refractivity contribution in [1.82, 2.24) is 0 Å². The molecule has 0 saturated heterocycles. The molecule has 6 rings (SSSR count). The van der Waals surface area contributed by atoms with Gasteiger partial charge in [-0.25, -0.2) is 0 Å². The quantitative estimate of drug-likeness (QED) is 0.170. The first-order valence-corrected chi connectivity index (χ1v) is 31.4. The summed E-state index contributed by atoms with van der Waals surface area (Å²) < 4.78 is 46.9. The van der Waals surface area contributed by atoms with E-state index in [4.69, 9.17) is 0 Å². The molecule has 2 aliphatic rings. The Hall–Kier alpha value is -2.17. The van der Waals surface area contributed by atoms with Crippen molar-refractivity contribution in [3.8, 4) is 22.3 Å². The molecule has 0 nitrogen and oxygen atoms in total. The van der Waals surface area contributed by atoms with E-state index in [-0.39, 0.29) is 47.0 Å². The predicted molar refractivity (Wildman–Crippen MR) is 227 cm³/mol. The van der Waals surface area contributed by atoms with Crippen LogP contribution in [0, 0.1) is 24.7 Å². The molecule has 284 valence electrons. The molecule has 2 aliphatic carbocycles. The number of halogens is 5. The molecular formula is C46H57Cl2F3SiZr. The molecule has 0 amide bonds. The van der Waals surface area contributed by atoms with Gasteiger partial charge in [-0.3, -0.25) is 0 Å². The van der Waals surface area contributed by atoms with Crippen molar-refractivity contribution in [3.05, 3.63) is 129 Å². The van der Waals surface area contributed by atoms with Gasteiger partial charge in [0.1, 0.15) is 0 Å². The molecule has 0 radical (unpaired) electrons. The third-order valence-corrected chi connectivity index (χ3v) is 34.6. The SMILES string of the molecule is CC1=C(C(C)(C)C)[CH]([Zr]([CH3])(=[SiH2])([CH2]CC(F)(F)F)[CH]2C(C(C)(C)C)=C(C)c3c(-c4ccc(C)cc4)cccc32)c2cccc(-c3ccc(C)cc3)c21.Cl.Cl. The van der Waals surface area contributed by atoms with Crippen LogP contribution in [0.2, 0.25) is 8.76 Å². The molecule has 0 saturated carbocycles. The second-order valence-electron chi connectivity index (χ2n) is 18.3. The molecule has 2 atom stereocenters. The van der Waals surface area contributed by atoms with Crippen LogP contribution >= 0.6 is 24.8 Å². The molecule has 53 heavy (non-hydrogen) atoms. The van der Waals surface area contributed by atoms with Crippen LogP contribution in [0.5, 0.6) is 0 Å². The van der Waals surface area contributed by atoms with Gasteiger partial charge in [0, 0.05) is 0 Å². The van der Waals surface area contributed by atoms with Crippen LogP contribution in [0.15, 0.2) is 96.1 Å². The number of rotatable bonds is 6. The van der Waals surface area contributed by atoms with Crippen molar-refractivity contribution in [3.63, 3.8) is 0 Å². The Morgan fingerprint density at radius 1 is 0.566 bits per heavy atom. The molecular weight excluding hydrogens is 800 g/mol. The van der Waals surface area contributed by atoms with Gasteiger partial charge in [-0.2, -0.15) is 0 Å². The molecule has 4 aromatic carbocycles. The molecule has 0 spiro atoms. The van der Waals surface area contributed by atoms with Gasteiger partial charge in [0.15, 0.2) is 0 Å². The molecule has 0 heterocycles. The van der Waals surface area contributed by atoms with E-state index < -0.39 is 30.0 Å². The summed E-state index contributed by atoms with van der Waals surface area (Å²) in [5.41, 5.74) is 16.8. The molecule has 0 aromatic heterocycles. The second-order valence-corrected chi connectivity index (χ2v) is 46.8. The summed E-state index contributed by atoms with van der Waals surface area (Å²) >= 11 is -4.89. The maximum absolute atomic E-state index is 14.8. The summed E-state index contributed by atoms with van der Waals surface area (Å²) in [5, 5.41) is 0. The average molecular weight is 857 g/mol. The Labute approximate surface area is 331 Å². The normalized spacial score (nSPS) is 17.7. The number of fused-ring (bicyclic) bond motifs is 2. The summed E-state index contributed by atoms with van der Waals surface area (Å²) in [4.78, 5) is 0. The van der Waals surface area contributed by atoms with E-state index in [0.29, 0.717) is 0 Å². The third-order valence-electron chi connectivity index (χ3n) is 12.1. The summed E-state index contributed by atoms with van der Waals surface area (Å²) in [6.07, 6.45) is -5.00. The van der Waals surface area contributed by atoms with Gasteiger partial charge in [0.2, 0.25) is 0 Å². The molecule has 2 unspecified atom stereocenters. The largest absolute Gasteiger partial charge is 0.147 e. The van der Waals surface area contributed by atoms with Gasteiger partial charge in [0.25, 0.3) is 0 Å². The molecule has 0 fully saturated rings. The number of hydrogen-bond acceptors (Lipinski definition) is 0. The van der Waals surface area contributed by atoms with E-state index in [2.05, 4.69) is 166 Å². The van der Waals surface area contributed by atoms with E-state index in [1.54, 1.807) is 0 Å². The van der Waals surface area contributed by atoms with Crippen LogP contribution in [-0.2, 0) is 17.4 Å². The van der Waals surface area contributed by atoms with Crippen molar-refractivity contribution < 1.29 is 30.6 Å². The van der Waals surface area contributed by atoms with Crippen molar-refractivity contribution >= 4 is 42.8 Å². The van der Waals surface area contributed by atoms with Crippen molar-refractivity contribution in [2.24, 2.45) is 10.8 Å². The number of allylic oxidation sites excluding steroid dienone is 4. The Morgan fingerprint density at radius 3 is 1.21 bits per heavy atom. The molecule has 0 bridgehead atoms. The fourth-order valence-electron chi connectivity index (χ4n) is 10.2. The van der Waals surface area contributed by atoms with Crippen LogP contribution in [0.1, 0.15) is 102 Å². The van der Waals surface area contributed by atoms with E-state index >= 15 is 0 Å². The van der Waals surface area contributed by atoms with Crippen molar-refractivity contribution in [2.45, 2.75) is 97.8 Å². The zero-order valence-electron chi connectivity index (χ0n) is 33.3. The first-order valence-electron chi connectivity index (χ1n) is 18.5. The fraction of sp³-hybridized carbons (Fsp3) is 0.391. The number of alkyl halides is 3. The van der Waals surface area contributed by atoms with Gasteiger partial charge in [-0.1, -0.05) is 0 Å². The Kier molecular flexibility index (Phi) is 12.1. The van der Waals surface area contributed by atoms with E-state index in [1.807, 2.05) is 0 Å². The van der Waals surface area contributed by atoms with Crippen molar-refractivity contribution in [2.75, 3.05) is 0 Å². The zero-order chi connectivity index (χ0) is 37.5. The summed E-state index contributed by atoms with van der Waals surface area (Å²) in [6.45, 7) is 24.5. The predicted octanol–water partition coefficient (Wildman–Crippen LogP) is 14.6. The van der Waals surface area contributed by atoms with E-state index in [0.717, 1.165) is 11.1 Å². The van der Waals surface area contributed by atoms with Gasteiger partial charge in [-0.15, -0.1) is 24.8 Å². The maximum Gasteiger partial charge on any atom is -0.147 e. The molecule has 0 N–H and O–H groups in total. The fourth-order valence-corrected chi connectivity index (χ4v) is 34.1. The van der Waals surface area contributed by atoms with Crippen LogP contribution < -0.4 is 0 Å². The molecule has 4 aromatic rings. The Balaban J connectivity index is 0.00000314. The van der Waals surface area contributed by atoms with E-state index in [1.165, 1.54) is 66.8 Å². The smallest absolute Gasteiger partial charge is 0.147 e. The van der Waals surface area contributed by atoms with Crippen LogP contribution in [0.3, 0.4) is 0 Å². The standard InChI is InChI=1S/2C21H23.C3H4F3.CH3.2ClH.H2Si.Zr/c2*1-14-9-11-16(12-10-14)18-8-6-7-17-13-19(21(3,4)5)15(2)20(17)18;1-2-3(4,5)6;;;;;/h2*6-13H,1-5H3;1-2H2;1H3;2*1H;1H2;. The van der Waals surface area contributed by atoms with Gasteiger partial charge < -0.3 is 0 Å².